The molecule has 0 amide bonds. The van der Waals surface area contributed by atoms with Crippen molar-refractivity contribution in [1.29, 1.82) is 0 Å². The highest BCUT2D eigenvalue weighted by Crippen LogP contribution is 2.33. The maximum absolute atomic E-state index is 12.2. The maximum atomic E-state index is 12.2. The third kappa shape index (κ3) is 4.16. The molecule has 0 N–H and O–H groups in total. The summed E-state index contributed by atoms with van der Waals surface area (Å²) in [4.78, 5) is 0. The lowest BCUT2D eigenvalue weighted by Gasteiger charge is -2.23. The van der Waals surface area contributed by atoms with E-state index in [0.29, 0.717) is 17.2 Å². The van der Waals surface area contributed by atoms with E-state index in [1.165, 1.54) is 17.7 Å². The Morgan fingerprint density at radius 1 is 1.00 bits per heavy atom. The van der Waals surface area contributed by atoms with Crippen molar-refractivity contribution in [2.75, 3.05) is 24.8 Å². The molecule has 0 unspecified atom stereocenters. The molecule has 124 valence electrons. The van der Waals surface area contributed by atoms with Gasteiger partial charge in [-0.1, -0.05) is 29.8 Å². The normalized spacial score (nSPS) is 11.1. The summed E-state index contributed by atoms with van der Waals surface area (Å²) in [6.45, 7) is 2.24. The van der Waals surface area contributed by atoms with Crippen molar-refractivity contribution in [1.82, 2.24) is 0 Å². The number of rotatable bonds is 6. The Labute approximate surface area is 137 Å². The molecule has 0 aromatic heterocycles. The maximum Gasteiger partial charge on any atom is 0.232 e. The Hall–Kier alpha value is -2.21. The second kappa shape index (κ2) is 6.91. The molecule has 0 heterocycles. The summed E-state index contributed by atoms with van der Waals surface area (Å²) in [5.41, 5.74) is 2.54. The fourth-order valence-electron chi connectivity index (χ4n) is 2.36. The van der Waals surface area contributed by atoms with Gasteiger partial charge in [-0.05, 0) is 24.6 Å². The van der Waals surface area contributed by atoms with Crippen molar-refractivity contribution in [2.45, 2.75) is 13.5 Å². The van der Waals surface area contributed by atoms with Gasteiger partial charge in [-0.25, -0.2) is 8.42 Å². The number of hydrogen-bond acceptors (Lipinski definition) is 4. The highest BCUT2D eigenvalue weighted by molar-refractivity contribution is 7.92. The third-order valence-electron chi connectivity index (χ3n) is 3.46. The van der Waals surface area contributed by atoms with Crippen LogP contribution in [0.3, 0.4) is 0 Å². The van der Waals surface area contributed by atoms with Gasteiger partial charge >= 0.3 is 0 Å². The van der Waals surface area contributed by atoms with Crippen molar-refractivity contribution >= 4 is 15.7 Å². The fraction of sp³-hybridized carbons (Fsp3) is 0.294. The molecule has 23 heavy (non-hydrogen) atoms. The molecule has 0 aliphatic carbocycles. The third-order valence-corrected chi connectivity index (χ3v) is 4.60. The van der Waals surface area contributed by atoms with E-state index in [1.807, 2.05) is 31.2 Å². The van der Waals surface area contributed by atoms with Gasteiger partial charge in [0.25, 0.3) is 0 Å². The van der Waals surface area contributed by atoms with Gasteiger partial charge in [0, 0.05) is 6.07 Å². The summed E-state index contributed by atoms with van der Waals surface area (Å²) in [6, 6.07) is 12.8. The van der Waals surface area contributed by atoms with Crippen LogP contribution in [0.5, 0.6) is 11.5 Å². The molecule has 0 atom stereocenters. The number of ether oxygens (including phenoxy) is 2. The first kappa shape index (κ1) is 17.1. The summed E-state index contributed by atoms with van der Waals surface area (Å²) < 4.78 is 36.3. The molecular formula is C17H21NO4S. The Bertz CT molecular complexity index is 787. The largest absolute Gasteiger partial charge is 0.493 e. The second-order valence-corrected chi connectivity index (χ2v) is 7.20. The van der Waals surface area contributed by atoms with Crippen LogP contribution in [0.15, 0.2) is 42.5 Å². The van der Waals surface area contributed by atoms with Gasteiger partial charge in [0.1, 0.15) is 0 Å². The average Bonchev–Trinajstić information content (AvgIpc) is 2.51. The molecule has 2 rings (SSSR count). The van der Waals surface area contributed by atoms with E-state index in [-0.39, 0.29) is 6.54 Å². The number of sulfonamides is 1. The van der Waals surface area contributed by atoms with Crippen LogP contribution in [0.2, 0.25) is 0 Å². The van der Waals surface area contributed by atoms with Gasteiger partial charge in [0.15, 0.2) is 11.5 Å². The van der Waals surface area contributed by atoms with Crippen molar-refractivity contribution in [2.24, 2.45) is 0 Å². The summed E-state index contributed by atoms with van der Waals surface area (Å²) >= 11 is 0. The van der Waals surface area contributed by atoms with E-state index < -0.39 is 10.0 Å². The van der Waals surface area contributed by atoms with Crippen LogP contribution in [0.4, 0.5) is 5.69 Å². The van der Waals surface area contributed by atoms with Gasteiger partial charge < -0.3 is 9.47 Å². The van der Waals surface area contributed by atoms with Gasteiger partial charge in [-0.2, -0.15) is 0 Å². The zero-order valence-corrected chi connectivity index (χ0v) is 14.6. The van der Waals surface area contributed by atoms with Gasteiger partial charge in [-0.3, -0.25) is 4.31 Å². The smallest absolute Gasteiger partial charge is 0.232 e. The lowest BCUT2D eigenvalue weighted by atomic mass is 10.1. The molecule has 0 aliphatic heterocycles. The average molecular weight is 335 g/mol. The Balaban J connectivity index is 2.44. The lowest BCUT2D eigenvalue weighted by molar-refractivity contribution is 0.355. The van der Waals surface area contributed by atoms with E-state index in [0.717, 1.165) is 11.1 Å². The molecule has 0 spiro atoms. The van der Waals surface area contributed by atoms with Crippen LogP contribution in [-0.2, 0) is 16.6 Å². The molecule has 5 nitrogen and oxygen atoms in total. The van der Waals surface area contributed by atoms with Crippen LogP contribution in [0, 0.1) is 6.92 Å². The van der Waals surface area contributed by atoms with E-state index in [2.05, 4.69) is 0 Å². The zero-order valence-electron chi connectivity index (χ0n) is 13.7. The standard InChI is InChI=1S/C17H21NO4S/c1-13-6-5-7-14(10-13)12-18(23(4,19)20)15-8-9-16(21-2)17(11-15)22-3/h5-11H,12H2,1-4H3. The molecule has 0 saturated carbocycles. The number of hydrogen-bond donors (Lipinski definition) is 0. The minimum atomic E-state index is -3.44. The molecule has 6 heteroatoms. The summed E-state index contributed by atoms with van der Waals surface area (Å²) in [6.07, 6.45) is 1.19. The van der Waals surface area contributed by atoms with Crippen molar-refractivity contribution in [3.8, 4) is 11.5 Å². The van der Waals surface area contributed by atoms with Crippen LogP contribution < -0.4 is 13.8 Å². The summed E-state index contributed by atoms with van der Waals surface area (Å²) in [7, 11) is -0.376. The second-order valence-electron chi connectivity index (χ2n) is 5.30. The quantitative estimate of drug-likeness (QED) is 0.814. The molecular weight excluding hydrogens is 314 g/mol. The van der Waals surface area contributed by atoms with Crippen molar-refractivity contribution in [3.05, 3.63) is 53.6 Å². The Kier molecular flexibility index (Phi) is 5.15. The van der Waals surface area contributed by atoms with E-state index >= 15 is 0 Å². The molecule has 2 aromatic carbocycles. The highest BCUT2D eigenvalue weighted by atomic mass is 32.2. The first-order chi connectivity index (χ1) is 10.8. The minimum absolute atomic E-state index is 0.260. The number of benzene rings is 2. The molecule has 0 saturated heterocycles. The SMILES string of the molecule is COc1ccc(N(Cc2cccc(C)c2)S(C)(=O)=O)cc1OC. The monoisotopic (exact) mass is 335 g/mol. The molecule has 0 fully saturated rings. The van der Waals surface area contributed by atoms with Crippen LogP contribution in [0.25, 0.3) is 0 Å². The summed E-state index contributed by atoms with van der Waals surface area (Å²) in [5.74, 6) is 1.04. The van der Waals surface area contributed by atoms with Crippen molar-refractivity contribution in [3.63, 3.8) is 0 Å². The predicted molar refractivity (Wildman–Crippen MR) is 91.8 cm³/mol. The fourth-order valence-corrected chi connectivity index (χ4v) is 3.24. The Morgan fingerprint density at radius 2 is 1.70 bits per heavy atom. The minimum Gasteiger partial charge on any atom is -0.493 e. The molecule has 0 radical (unpaired) electrons. The zero-order chi connectivity index (χ0) is 17.0. The molecule has 2 aromatic rings. The van der Waals surface area contributed by atoms with Gasteiger partial charge in [0.05, 0.1) is 32.7 Å². The summed E-state index contributed by atoms with van der Waals surface area (Å²) in [5, 5.41) is 0. The van der Waals surface area contributed by atoms with Crippen LogP contribution in [-0.4, -0.2) is 28.9 Å². The number of aryl methyl sites for hydroxylation is 1. The molecule has 0 aliphatic rings. The van der Waals surface area contributed by atoms with E-state index in [4.69, 9.17) is 9.47 Å². The first-order valence-corrected chi connectivity index (χ1v) is 8.95. The van der Waals surface area contributed by atoms with Gasteiger partial charge in [0.2, 0.25) is 10.0 Å². The van der Waals surface area contributed by atoms with Crippen LogP contribution >= 0.6 is 0 Å². The van der Waals surface area contributed by atoms with E-state index in [9.17, 15) is 8.42 Å². The van der Waals surface area contributed by atoms with Gasteiger partial charge in [-0.15, -0.1) is 0 Å². The molecule has 0 bridgehead atoms. The van der Waals surface area contributed by atoms with E-state index in [1.54, 1.807) is 25.3 Å². The predicted octanol–water partition coefficient (Wildman–Crippen LogP) is 2.98. The Morgan fingerprint density at radius 3 is 2.26 bits per heavy atom. The lowest BCUT2D eigenvalue weighted by Crippen LogP contribution is -2.29. The topological polar surface area (TPSA) is 55.8 Å². The number of nitrogens with zero attached hydrogens (tertiary/aromatic N) is 1. The number of methoxy groups -OCH3 is 2. The number of anilines is 1. The first-order valence-electron chi connectivity index (χ1n) is 7.10. The van der Waals surface area contributed by atoms with Crippen LogP contribution in [0.1, 0.15) is 11.1 Å². The highest BCUT2D eigenvalue weighted by Gasteiger charge is 2.19. The van der Waals surface area contributed by atoms with Crippen molar-refractivity contribution < 1.29 is 17.9 Å².